The van der Waals surface area contributed by atoms with Crippen molar-refractivity contribution >= 4 is 40.7 Å². The van der Waals surface area contributed by atoms with Crippen LogP contribution in [0.1, 0.15) is 56.8 Å². The number of carbonyl (C=O) groups excluding carboxylic acids is 4. The van der Waals surface area contributed by atoms with Gasteiger partial charge >= 0.3 is 5.97 Å². The standard InChI is InChI=1S/C31H37N5O7/c1-18-23-10-9-21-6-5-20(14-25(21)34-23)11-12-31(15-41-17-42-16-31)30(40)43-26(22-7-8-22)28(38)33-19(2)29(39)36-13-3-4-24(35-36)27(37)32-18/h5-6,9-12,14,18-19,22,24,26,35H,3-4,7-8,13,15-17H2,1-2H3,(H,32,37)(H,33,38)/b12-11+/t18-,19+,24+,26?/m1/s1. The zero-order valence-corrected chi connectivity index (χ0v) is 24.3. The highest BCUT2D eigenvalue weighted by atomic mass is 16.7. The first kappa shape index (κ1) is 29.2. The summed E-state index contributed by atoms with van der Waals surface area (Å²) in [6.07, 6.45) is 5.09. The second kappa shape index (κ2) is 12.0. The van der Waals surface area contributed by atoms with Gasteiger partial charge in [-0.15, -0.1) is 0 Å². The summed E-state index contributed by atoms with van der Waals surface area (Å²) in [6, 6.07) is 7.69. The third kappa shape index (κ3) is 6.27. The molecule has 4 heterocycles. The summed E-state index contributed by atoms with van der Waals surface area (Å²) in [7, 11) is 0. The molecule has 1 saturated carbocycles. The highest BCUT2D eigenvalue weighted by molar-refractivity contribution is 5.92. The maximum Gasteiger partial charge on any atom is 0.321 e. The minimum absolute atomic E-state index is 0.0330. The molecule has 12 nitrogen and oxygen atoms in total. The van der Waals surface area contributed by atoms with E-state index in [1.807, 2.05) is 37.3 Å². The van der Waals surface area contributed by atoms with Gasteiger partial charge < -0.3 is 24.8 Å². The Morgan fingerprint density at radius 2 is 1.67 bits per heavy atom. The molecule has 12 heteroatoms. The third-order valence-corrected chi connectivity index (χ3v) is 8.47. The molecule has 43 heavy (non-hydrogen) atoms. The number of hydrogen-bond acceptors (Lipinski definition) is 9. The van der Waals surface area contributed by atoms with Crippen LogP contribution in [0, 0.1) is 11.3 Å². The molecule has 3 fully saturated rings. The van der Waals surface area contributed by atoms with Crippen molar-refractivity contribution in [2.75, 3.05) is 26.6 Å². The SMILES string of the molecule is C[C@@H]1NC(=O)C(C2CC2)OC(=O)C2(/C=C/c3ccc4ccc(nc4c3)[C@@H](C)NC(=O)[C@@H]3CCCN(N3)C1=O)COCOC2. The molecule has 1 aromatic heterocycles. The van der Waals surface area contributed by atoms with Crippen LogP contribution in [0.4, 0.5) is 0 Å². The van der Waals surface area contributed by atoms with Crippen molar-refractivity contribution in [3.8, 4) is 0 Å². The molecule has 6 rings (SSSR count). The van der Waals surface area contributed by atoms with Gasteiger partial charge in [0.05, 0.1) is 30.5 Å². The fourth-order valence-corrected chi connectivity index (χ4v) is 5.69. The second-order valence-electron chi connectivity index (χ2n) is 11.9. The van der Waals surface area contributed by atoms with E-state index in [4.69, 9.17) is 19.2 Å². The quantitative estimate of drug-likeness (QED) is 0.422. The number of aromatic nitrogens is 1. The number of nitrogens with one attached hydrogen (secondary N) is 3. The van der Waals surface area contributed by atoms with Crippen molar-refractivity contribution < 1.29 is 33.4 Å². The number of carbonyl (C=O) groups is 4. The Morgan fingerprint density at radius 1 is 0.930 bits per heavy atom. The summed E-state index contributed by atoms with van der Waals surface area (Å²) in [6.45, 7) is 3.96. The van der Waals surface area contributed by atoms with Crippen LogP contribution in [-0.4, -0.2) is 78.4 Å². The van der Waals surface area contributed by atoms with E-state index >= 15 is 0 Å². The van der Waals surface area contributed by atoms with Gasteiger partial charge in [-0.25, -0.2) is 5.43 Å². The van der Waals surface area contributed by atoms with E-state index in [9.17, 15) is 19.2 Å². The van der Waals surface area contributed by atoms with Gasteiger partial charge in [-0.1, -0.05) is 30.4 Å². The summed E-state index contributed by atoms with van der Waals surface area (Å²) in [4.78, 5) is 58.4. The average molecular weight is 592 g/mol. The van der Waals surface area contributed by atoms with Crippen LogP contribution in [0.15, 0.2) is 36.4 Å². The van der Waals surface area contributed by atoms with Gasteiger partial charge in [-0.2, -0.15) is 0 Å². The molecule has 1 aliphatic carbocycles. The number of fused-ring (bicyclic) bond motifs is 4. The Bertz CT molecular complexity index is 1450. The molecule has 3 aliphatic heterocycles. The van der Waals surface area contributed by atoms with Gasteiger partial charge in [0, 0.05) is 17.8 Å². The van der Waals surface area contributed by atoms with Crippen LogP contribution >= 0.6 is 0 Å². The zero-order valence-electron chi connectivity index (χ0n) is 24.3. The lowest BCUT2D eigenvalue weighted by atomic mass is 9.88. The molecule has 4 atom stereocenters. The smallest absolute Gasteiger partial charge is 0.321 e. The van der Waals surface area contributed by atoms with Gasteiger partial charge in [0.15, 0.2) is 6.10 Å². The predicted octanol–water partition coefficient (Wildman–Crippen LogP) is 1.75. The molecule has 228 valence electrons. The lowest BCUT2D eigenvalue weighted by Gasteiger charge is -2.35. The highest BCUT2D eigenvalue weighted by Crippen LogP contribution is 2.37. The number of rotatable bonds is 1. The number of amides is 3. The summed E-state index contributed by atoms with van der Waals surface area (Å²) in [5, 5.41) is 8.06. The summed E-state index contributed by atoms with van der Waals surface area (Å²) < 4.78 is 16.9. The van der Waals surface area contributed by atoms with E-state index in [0.717, 1.165) is 29.3 Å². The first-order chi connectivity index (χ1) is 20.7. The van der Waals surface area contributed by atoms with Crippen LogP contribution in [0.5, 0.6) is 0 Å². The van der Waals surface area contributed by atoms with Gasteiger partial charge in [0.1, 0.15) is 24.3 Å². The Kier molecular flexibility index (Phi) is 8.17. The first-order valence-corrected chi connectivity index (χ1v) is 14.9. The Balaban J connectivity index is 1.36. The molecular formula is C31H37N5O7. The van der Waals surface area contributed by atoms with Crippen LogP contribution in [0.3, 0.4) is 0 Å². The summed E-state index contributed by atoms with van der Waals surface area (Å²) in [5.74, 6) is -1.92. The number of benzene rings is 1. The van der Waals surface area contributed by atoms with E-state index in [2.05, 4.69) is 16.1 Å². The number of cyclic esters (lactones) is 1. The minimum Gasteiger partial charge on any atom is -0.451 e. The maximum atomic E-state index is 13.7. The fraction of sp³-hybridized carbons (Fsp3) is 0.516. The van der Waals surface area contributed by atoms with Crippen LogP contribution < -0.4 is 16.1 Å². The summed E-state index contributed by atoms with van der Waals surface area (Å²) in [5.41, 5.74) is 3.99. The first-order valence-electron chi connectivity index (χ1n) is 14.9. The van der Waals surface area contributed by atoms with Gasteiger partial charge in [0.25, 0.3) is 11.8 Å². The number of nitrogens with zero attached hydrogens (tertiary/aromatic N) is 2. The average Bonchev–Trinajstić information content (AvgIpc) is 3.87. The molecule has 4 aliphatic rings. The molecule has 0 radical (unpaired) electrons. The molecule has 3 N–H and O–H groups in total. The topological polar surface area (TPSA) is 148 Å². The number of esters is 1. The van der Waals surface area contributed by atoms with Crippen molar-refractivity contribution in [2.24, 2.45) is 11.3 Å². The van der Waals surface area contributed by atoms with Crippen molar-refractivity contribution in [3.63, 3.8) is 0 Å². The molecule has 5 bridgehead atoms. The molecule has 2 aromatic rings. The number of hydrogen-bond donors (Lipinski definition) is 3. The monoisotopic (exact) mass is 591 g/mol. The number of hydrazine groups is 1. The molecule has 3 amide bonds. The van der Waals surface area contributed by atoms with E-state index in [1.54, 1.807) is 19.1 Å². The van der Waals surface area contributed by atoms with Crippen LogP contribution in [0.25, 0.3) is 17.0 Å². The Hall–Kier alpha value is -3.87. The van der Waals surface area contributed by atoms with Crippen molar-refractivity contribution in [2.45, 2.75) is 63.8 Å². The molecule has 1 aromatic carbocycles. The Morgan fingerprint density at radius 3 is 2.44 bits per heavy atom. The van der Waals surface area contributed by atoms with Gasteiger partial charge in [-0.05, 0) is 57.2 Å². The van der Waals surface area contributed by atoms with E-state index in [-0.39, 0.29) is 43.8 Å². The Labute approximate surface area is 249 Å². The van der Waals surface area contributed by atoms with E-state index in [0.29, 0.717) is 25.1 Å². The van der Waals surface area contributed by atoms with Crippen molar-refractivity contribution in [1.82, 2.24) is 26.1 Å². The van der Waals surface area contributed by atoms with Crippen LogP contribution in [-0.2, 0) is 33.4 Å². The second-order valence-corrected chi connectivity index (χ2v) is 11.9. The molecular weight excluding hydrogens is 554 g/mol. The largest absolute Gasteiger partial charge is 0.451 e. The predicted molar refractivity (Wildman–Crippen MR) is 155 cm³/mol. The zero-order chi connectivity index (χ0) is 30.1. The fourth-order valence-electron chi connectivity index (χ4n) is 5.69. The minimum atomic E-state index is -1.26. The van der Waals surface area contributed by atoms with Crippen molar-refractivity contribution in [1.29, 1.82) is 0 Å². The maximum absolute atomic E-state index is 13.7. The van der Waals surface area contributed by atoms with Crippen LogP contribution in [0.2, 0.25) is 0 Å². The molecule has 2 saturated heterocycles. The highest BCUT2D eigenvalue weighted by Gasteiger charge is 2.47. The normalized spacial score (nSPS) is 29.6. The van der Waals surface area contributed by atoms with Crippen molar-refractivity contribution in [3.05, 3.63) is 47.7 Å². The lowest BCUT2D eigenvalue weighted by molar-refractivity contribution is -0.191. The summed E-state index contributed by atoms with van der Waals surface area (Å²) >= 11 is 0. The third-order valence-electron chi connectivity index (χ3n) is 8.47. The number of ether oxygens (including phenoxy) is 3. The molecule has 1 spiro atoms. The van der Waals surface area contributed by atoms with E-state index < -0.39 is 35.5 Å². The van der Waals surface area contributed by atoms with Gasteiger partial charge in [-0.3, -0.25) is 29.2 Å². The lowest BCUT2D eigenvalue weighted by Crippen LogP contribution is -2.61. The number of pyridine rings is 1. The van der Waals surface area contributed by atoms with E-state index in [1.165, 1.54) is 5.01 Å². The van der Waals surface area contributed by atoms with Gasteiger partial charge in [0.2, 0.25) is 5.91 Å². The molecule has 1 unspecified atom stereocenters.